The molecular formula is C16H13FN2O2. The van der Waals surface area contributed by atoms with Gasteiger partial charge in [0.25, 0.3) is 11.7 Å². The fraction of sp³-hybridized carbons (Fsp3) is 0.125. The number of rotatable bonds is 3. The average Bonchev–Trinajstić information content (AvgIpc) is 2.77. The average molecular weight is 284 g/mol. The lowest BCUT2D eigenvalue weighted by atomic mass is 10.1. The van der Waals surface area contributed by atoms with Crippen molar-refractivity contribution in [1.82, 2.24) is 0 Å². The van der Waals surface area contributed by atoms with Gasteiger partial charge in [-0.3, -0.25) is 9.59 Å². The molecule has 0 radical (unpaired) electrons. The fourth-order valence-electron chi connectivity index (χ4n) is 2.44. The molecule has 1 amide bonds. The molecule has 0 atom stereocenters. The number of anilines is 3. The zero-order valence-corrected chi connectivity index (χ0v) is 11.4. The molecule has 3 rings (SSSR count). The van der Waals surface area contributed by atoms with Gasteiger partial charge in [0, 0.05) is 17.9 Å². The first-order valence-corrected chi connectivity index (χ1v) is 6.63. The van der Waals surface area contributed by atoms with Crippen LogP contribution in [0.2, 0.25) is 0 Å². The van der Waals surface area contributed by atoms with Crippen LogP contribution in [0.4, 0.5) is 21.5 Å². The van der Waals surface area contributed by atoms with Crippen molar-refractivity contribution in [3.63, 3.8) is 0 Å². The summed E-state index contributed by atoms with van der Waals surface area (Å²) in [4.78, 5) is 24.9. The highest BCUT2D eigenvalue weighted by Crippen LogP contribution is 2.32. The van der Waals surface area contributed by atoms with Crippen LogP contribution in [0.5, 0.6) is 0 Å². The molecule has 0 aliphatic carbocycles. The van der Waals surface area contributed by atoms with Gasteiger partial charge in [0.15, 0.2) is 0 Å². The van der Waals surface area contributed by atoms with E-state index in [-0.39, 0.29) is 5.82 Å². The maximum absolute atomic E-state index is 13.0. The van der Waals surface area contributed by atoms with Crippen LogP contribution in [0.25, 0.3) is 0 Å². The van der Waals surface area contributed by atoms with Crippen molar-refractivity contribution in [1.29, 1.82) is 0 Å². The third-order valence-electron chi connectivity index (χ3n) is 3.47. The third-order valence-corrected chi connectivity index (χ3v) is 3.47. The molecule has 4 nitrogen and oxygen atoms in total. The SMILES string of the molecule is CCN(c1ccc(F)cc1)c1ccc2c(c1)NC(=O)C2=O. The fourth-order valence-corrected chi connectivity index (χ4v) is 2.44. The molecule has 0 bridgehead atoms. The Kier molecular flexibility index (Phi) is 3.17. The number of carbonyl (C=O) groups is 2. The van der Waals surface area contributed by atoms with Crippen molar-refractivity contribution < 1.29 is 14.0 Å². The lowest BCUT2D eigenvalue weighted by Crippen LogP contribution is -2.16. The predicted molar refractivity (Wildman–Crippen MR) is 78.5 cm³/mol. The van der Waals surface area contributed by atoms with Crippen molar-refractivity contribution in [3.8, 4) is 0 Å². The van der Waals surface area contributed by atoms with E-state index in [0.717, 1.165) is 11.4 Å². The van der Waals surface area contributed by atoms with E-state index < -0.39 is 11.7 Å². The molecule has 1 N–H and O–H groups in total. The van der Waals surface area contributed by atoms with Gasteiger partial charge in [-0.25, -0.2) is 4.39 Å². The van der Waals surface area contributed by atoms with Gasteiger partial charge >= 0.3 is 0 Å². The van der Waals surface area contributed by atoms with Gasteiger partial charge in [-0.15, -0.1) is 0 Å². The highest BCUT2D eigenvalue weighted by atomic mass is 19.1. The normalized spacial score (nSPS) is 13.0. The molecule has 1 aliphatic rings. The van der Waals surface area contributed by atoms with Crippen molar-refractivity contribution in [2.45, 2.75) is 6.92 Å². The largest absolute Gasteiger partial charge is 0.342 e. The maximum atomic E-state index is 13.0. The molecule has 106 valence electrons. The van der Waals surface area contributed by atoms with E-state index in [4.69, 9.17) is 0 Å². The van der Waals surface area contributed by atoms with Crippen LogP contribution >= 0.6 is 0 Å². The number of halogens is 1. The quantitative estimate of drug-likeness (QED) is 0.881. The van der Waals surface area contributed by atoms with Crippen LogP contribution in [-0.2, 0) is 4.79 Å². The Hall–Kier alpha value is -2.69. The molecule has 1 heterocycles. The zero-order chi connectivity index (χ0) is 15.0. The van der Waals surface area contributed by atoms with E-state index in [1.54, 1.807) is 30.3 Å². The smallest absolute Gasteiger partial charge is 0.296 e. The molecule has 0 saturated carbocycles. The number of hydrogen-bond acceptors (Lipinski definition) is 3. The van der Waals surface area contributed by atoms with Crippen LogP contribution in [0.1, 0.15) is 17.3 Å². The van der Waals surface area contributed by atoms with E-state index in [9.17, 15) is 14.0 Å². The van der Waals surface area contributed by atoms with Crippen molar-refractivity contribution in [2.75, 3.05) is 16.8 Å². The summed E-state index contributed by atoms with van der Waals surface area (Å²) in [6.45, 7) is 2.65. The van der Waals surface area contributed by atoms with Gasteiger partial charge in [-0.1, -0.05) is 0 Å². The lowest BCUT2D eigenvalue weighted by Gasteiger charge is -2.23. The van der Waals surface area contributed by atoms with Gasteiger partial charge in [0.05, 0.1) is 11.3 Å². The number of ketones is 1. The number of Topliss-reactive ketones (excluding diaryl/α,β-unsaturated/α-hetero) is 1. The first kappa shape index (κ1) is 13.3. The van der Waals surface area contributed by atoms with Gasteiger partial charge in [-0.2, -0.15) is 0 Å². The second-order valence-electron chi connectivity index (χ2n) is 4.73. The minimum absolute atomic E-state index is 0.290. The summed E-state index contributed by atoms with van der Waals surface area (Å²) < 4.78 is 13.0. The molecule has 5 heteroatoms. The van der Waals surface area contributed by atoms with Crippen LogP contribution in [0.3, 0.4) is 0 Å². The van der Waals surface area contributed by atoms with Crippen LogP contribution in [0.15, 0.2) is 42.5 Å². The molecule has 1 aliphatic heterocycles. The molecule has 0 fully saturated rings. The highest BCUT2D eigenvalue weighted by Gasteiger charge is 2.28. The summed E-state index contributed by atoms with van der Waals surface area (Å²) in [5.74, 6) is -1.41. The second kappa shape index (κ2) is 5.01. The Morgan fingerprint density at radius 3 is 2.38 bits per heavy atom. The number of hydrogen-bond donors (Lipinski definition) is 1. The standard InChI is InChI=1S/C16H13FN2O2/c1-2-19(11-5-3-10(17)4-6-11)12-7-8-13-14(9-12)18-16(21)15(13)20/h3-9H,2H2,1H3,(H,18,20,21). The number of nitrogens with zero attached hydrogens (tertiary/aromatic N) is 1. The molecule has 2 aromatic carbocycles. The number of nitrogens with one attached hydrogen (secondary N) is 1. The minimum atomic E-state index is -0.605. The Morgan fingerprint density at radius 2 is 1.71 bits per heavy atom. The van der Waals surface area contributed by atoms with Crippen molar-refractivity contribution in [2.24, 2.45) is 0 Å². The Labute approximate surface area is 121 Å². The number of fused-ring (bicyclic) bond motifs is 1. The van der Waals surface area contributed by atoms with Gasteiger partial charge in [0.2, 0.25) is 0 Å². The van der Waals surface area contributed by atoms with E-state index in [0.29, 0.717) is 17.8 Å². The first-order valence-electron chi connectivity index (χ1n) is 6.63. The summed E-state index contributed by atoms with van der Waals surface area (Å²) in [5.41, 5.74) is 2.58. The van der Waals surface area contributed by atoms with Crippen LogP contribution in [-0.4, -0.2) is 18.2 Å². The van der Waals surface area contributed by atoms with Crippen LogP contribution < -0.4 is 10.2 Å². The number of carbonyl (C=O) groups excluding carboxylic acids is 2. The van der Waals surface area contributed by atoms with E-state index >= 15 is 0 Å². The topological polar surface area (TPSA) is 49.4 Å². The number of benzene rings is 2. The van der Waals surface area contributed by atoms with Gasteiger partial charge in [0.1, 0.15) is 5.82 Å². The maximum Gasteiger partial charge on any atom is 0.296 e. The Balaban J connectivity index is 1.99. The number of amides is 1. The second-order valence-corrected chi connectivity index (χ2v) is 4.73. The minimum Gasteiger partial charge on any atom is -0.342 e. The molecular weight excluding hydrogens is 271 g/mol. The molecule has 2 aromatic rings. The summed E-state index contributed by atoms with van der Waals surface area (Å²) in [7, 11) is 0. The Morgan fingerprint density at radius 1 is 1.05 bits per heavy atom. The summed E-state index contributed by atoms with van der Waals surface area (Å²) in [5, 5.41) is 2.55. The molecule has 0 unspecified atom stereocenters. The molecule has 0 spiro atoms. The van der Waals surface area contributed by atoms with Gasteiger partial charge < -0.3 is 10.2 Å². The van der Waals surface area contributed by atoms with E-state index in [1.165, 1.54) is 12.1 Å². The molecule has 0 aromatic heterocycles. The first-order chi connectivity index (χ1) is 10.1. The summed E-state index contributed by atoms with van der Waals surface area (Å²) >= 11 is 0. The monoisotopic (exact) mass is 284 g/mol. The predicted octanol–water partition coefficient (Wildman–Crippen LogP) is 3.12. The van der Waals surface area contributed by atoms with E-state index in [2.05, 4.69) is 5.32 Å². The Bertz CT molecular complexity index is 726. The summed E-state index contributed by atoms with van der Waals surface area (Å²) in [6.07, 6.45) is 0. The van der Waals surface area contributed by atoms with Crippen molar-refractivity contribution >= 4 is 28.8 Å². The van der Waals surface area contributed by atoms with Crippen molar-refractivity contribution in [3.05, 3.63) is 53.8 Å². The van der Waals surface area contributed by atoms with E-state index in [1.807, 2.05) is 11.8 Å². The lowest BCUT2D eigenvalue weighted by molar-refractivity contribution is -0.112. The summed E-state index contributed by atoms with van der Waals surface area (Å²) in [6, 6.07) is 11.4. The molecule has 0 saturated heterocycles. The van der Waals surface area contributed by atoms with Crippen LogP contribution in [0, 0.1) is 5.82 Å². The zero-order valence-electron chi connectivity index (χ0n) is 11.4. The van der Waals surface area contributed by atoms with Gasteiger partial charge in [-0.05, 0) is 49.4 Å². The molecule has 21 heavy (non-hydrogen) atoms. The highest BCUT2D eigenvalue weighted by molar-refractivity contribution is 6.51. The third kappa shape index (κ3) is 2.27.